The minimum absolute atomic E-state index is 0.00861. The zero-order chi connectivity index (χ0) is 31.5. The summed E-state index contributed by atoms with van der Waals surface area (Å²) < 4.78 is 27.6. The van der Waals surface area contributed by atoms with Gasteiger partial charge in [0.05, 0.1) is 29.0 Å². The molecular formula is C35H27ClFN3O4S. The summed E-state index contributed by atoms with van der Waals surface area (Å²) in [5.74, 6) is 0.268. The van der Waals surface area contributed by atoms with Crippen LogP contribution in [0.5, 0.6) is 11.5 Å². The number of amides is 1. The maximum Gasteiger partial charge on any atom is 0.271 e. The molecule has 1 aliphatic rings. The van der Waals surface area contributed by atoms with Crippen LogP contribution in [0.2, 0.25) is 5.02 Å². The fourth-order valence-electron chi connectivity index (χ4n) is 5.13. The molecule has 6 rings (SSSR count). The minimum Gasteiger partial charge on any atom is -0.497 e. The molecule has 1 aliphatic heterocycles. The second kappa shape index (κ2) is 12.9. The Morgan fingerprint density at radius 2 is 1.82 bits per heavy atom. The summed E-state index contributed by atoms with van der Waals surface area (Å²) in [5, 5.41) is 3.39. The monoisotopic (exact) mass is 639 g/mol. The zero-order valence-electron chi connectivity index (χ0n) is 24.3. The zero-order valence-corrected chi connectivity index (χ0v) is 25.9. The molecule has 0 radical (unpaired) electrons. The Bertz CT molecular complexity index is 2120. The SMILES string of the molecule is COc1cccc([C@@H]2C(C(=O)Nc3ccccc3)=C(C)N=c3s/c(=C\c4cc(Cl)ccc4OCc4ccccc4F)c(=O)n32)c1. The summed E-state index contributed by atoms with van der Waals surface area (Å²) >= 11 is 7.53. The number of nitrogens with zero attached hydrogens (tertiary/aromatic N) is 2. The van der Waals surface area contributed by atoms with Gasteiger partial charge in [-0.3, -0.25) is 14.2 Å². The van der Waals surface area contributed by atoms with E-state index in [9.17, 15) is 14.0 Å². The number of allylic oxidation sites excluding steroid dienone is 1. The largest absolute Gasteiger partial charge is 0.497 e. The molecule has 1 atom stereocenters. The summed E-state index contributed by atoms with van der Waals surface area (Å²) in [7, 11) is 1.56. The topological polar surface area (TPSA) is 81.9 Å². The predicted octanol–water partition coefficient (Wildman–Crippen LogP) is 6.25. The first kappa shape index (κ1) is 30.1. The summed E-state index contributed by atoms with van der Waals surface area (Å²) in [4.78, 5) is 33.1. The molecule has 4 aromatic carbocycles. The van der Waals surface area contributed by atoms with Gasteiger partial charge in [-0.2, -0.15) is 0 Å². The van der Waals surface area contributed by atoms with Crippen LogP contribution in [0.1, 0.15) is 29.7 Å². The number of ether oxygens (including phenoxy) is 2. The van der Waals surface area contributed by atoms with Crippen molar-refractivity contribution in [3.05, 3.63) is 156 Å². The van der Waals surface area contributed by atoms with Gasteiger partial charge in [0.2, 0.25) is 0 Å². The van der Waals surface area contributed by atoms with Crippen molar-refractivity contribution < 1.29 is 18.7 Å². The molecule has 0 bridgehead atoms. The van der Waals surface area contributed by atoms with Crippen LogP contribution in [-0.2, 0) is 11.4 Å². The average molecular weight is 640 g/mol. The number of anilines is 1. The van der Waals surface area contributed by atoms with E-state index in [4.69, 9.17) is 26.1 Å². The third-order valence-corrected chi connectivity index (χ3v) is 8.52. The van der Waals surface area contributed by atoms with Crippen molar-refractivity contribution in [2.45, 2.75) is 19.6 Å². The number of fused-ring (bicyclic) bond motifs is 1. The molecule has 0 spiro atoms. The van der Waals surface area contributed by atoms with Gasteiger partial charge in [-0.25, -0.2) is 9.38 Å². The standard InChI is InChI=1S/C35H27ClFN3O4S/c1-21-31(33(41)39-26-11-4-3-5-12-26)32(22-10-8-13-27(18-22)43-2)40-34(42)30(45-35(40)38-21)19-24-17-25(36)15-16-29(24)44-20-23-9-6-7-14-28(23)37/h3-19,32H,20H2,1-2H3,(H,39,41)/b30-19-/t32-/m1/s1. The van der Waals surface area contributed by atoms with E-state index in [1.165, 1.54) is 22.0 Å². The van der Waals surface area contributed by atoms with Gasteiger partial charge in [-0.1, -0.05) is 71.5 Å². The Labute approximate surface area is 267 Å². The molecule has 0 saturated heterocycles. The lowest BCUT2D eigenvalue weighted by molar-refractivity contribution is -0.113. The summed E-state index contributed by atoms with van der Waals surface area (Å²) in [6, 6.07) is 27.0. The molecule has 0 saturated carbocycles. The first-order valence-corrected chi connectivity index (χ1v) is 15.2. The van der Waals surface area contributed by atoms with E-state index in [2.05, 4.69) is 5.32 Å². The Hall–Kier alpha value is -4.99. The number of benzene rings is 4. The molecule has 10 heteroatoms. The van der Waals surface area contributed by atoms with Crippen molar-refractivity contribution in [3.8, 4) is 11.5 Å². The number of rotatable bonds is 8. The molecule has 0 fully saturated rings. The van der Waals surface area contributed by atoms with Crippen LogP contribution in [0.15, 0.2) is 118 Å². The number of carbonyl (C=O) groups excluding carboxylic acids is 1. The first-order chi connectivity index (χ1) is 21.8. The Morgan fingerprint density at radius 1 is 1.04 bits per heavy atom. The van der Waals surface area contributed by atoms with Gasteiger partial charge in [0.15, 0.2) is 4.80 Å². The van der Waals surface area contributed by atoms with E-state index >= 15 is 0 Å². The van der Waals surface area contributed by atoms with Crippen molar-refractivity contribution in [2.75, 3.05) is 12.4 Å². The molecular weight excluding hydrogens is 613 g/mol. The Kier molecular flexibility index (Phi) is 8.64. The second-order valence-electron chi connectivity index (χ2n) is 10.2. The smallest absolute Gasteiger partial charge is 0.271 e. The summed E-state index contributed by atoms with van der Waals surface area (Å²) in [5.41, 5.74) is 2.72. The van der Waals surface area contributed by atoms with Crippen molar-refractivity contribution >= 4 is 40.6 Å². The summed E-state index contributed by atoms with van der Waals surface area (Å²) in [6.45, 7) is 1.75. The van der Waals surface area contributed by atoms with Crippen LogP contribution in [0.25, 0.3) is 6.08 Å². The molecule has 2 heterocycles. The molecule has 0 aliphatic carbocycles. The van der Waals surface area contributed by atoms with Crippen LogP contribution in [0.4, 0.5) is 10.1 Å². The normalized spacial score (nSPS) is 14.5. The molecule has 5 aromatic rings. The Morgan fingerprint density at radius 3 is 2.60 bits per heavy atom. The quantitative estimate of drug-likeness (QED) is 0.218. The highest BCUT2D eigenvalue weighted by Gasteiger charge is 2.33. The Balaban J connectivity index is 1.46. The number of methoxy groups -OCH3 is 1. The lowest BCUT2D eigenvalue weighted by Crippen LogP contribution is -2.40. The van der Waals surface area contributed by atoms with Crippen LogP contribution in [-0.4, -0.2) is 17.6 Å². The third kappa shape index (κ3) is 6.31. The third-order valence-electron chi connectivity index (χ3n) is 7.31. The van der Waals surface area contributed by atoms with Crippen LogP contribution in [0, 0.1) is 5.82 Å². The molecule has 0 unspecified atom stereocenters. The second-order valence-corrected chi connectivity index (χ2v) is 11.7. The van der Waals surface area contributed by atoms with Crippen molar-refractivity contribution in [3.63, 3.8) is 0 Å². The summed E-state index contributed by atoms with van der Waals surface area (Å²) in [6.07, 6.45) is 1.68. The van der Waals surface area contributed by atoms with Gasteiger partial charge >= 0.3 is 0 Å². The highest BCUT2D eigenvalue weighted by molar-refractivity contribution is 7.07. The number of thiazole rings is 1. The van der Waals surface area contributed by atoms with Gasteiger partial charge in [-0.15, -0.1) is 0 Å². The molecule has 7 nitrogen and oxygen atoms in total. The highest BCUT2D eigenvalue weighted by atomic mass is 35.5. The van der Waals surface area contributed by atoms with E-state index < -0.39 is 6.04 Å². The molecule has 1 aromatic heterocycles. The molecule has 226 valence electrons. The number of hydrogen-bond acceptors (Lipinski definition) is 6. The van der Waals surface area contributed by atoms with Crippen molar-refractivity contribution in [1.29, 1.82) is 0 Å². The van der Waals surface area contributed by atoms with E-state index in [1.54, 1.807) is 74.7 Å². The number of halogens is 2. The molecule has 45 heavy (non-hydrogen) atoms. The lowest BCUT2D eigenvalue weighted by atomic mass is 9.95. The van der Waals surface area contributed by atoms with Gasteiger partial charge in [0.25, 0.3) is 11.5 Å². The number of nitrogens with one attached hydrogen (secondary N) is 1. The molecule has 1 amide bonds. The van der Waals surface area contributed by atoms with Crippen molar-refractivity contribution in [1.82, 2.24) is 4.57 Å². The minimum atomic E-state index is -0.779. The van der Waals surface area contributed by atoms with Gasteiger partial charge in [0, 0.05) is 21.8 Å². The maximum atomic E-state index is 14.3. The maximum absolute atomic E-state index is 14.3. The predicted molar refractivity (Wildman–Crippen MR) is 174 cm³/mol. The average Bonchev–Trinajstić information content (AvgIpc) is 3.34. The van der Waals surface area contributed by atoms with E-state index in [1.807, 2.05) is 36.4 Å². The highest BCUT2D eigenvalue weighted by Crippen LogP contribution is 2.32. The number of carbonyl (C=O) groups is 1. The van der Waals surface area contributed by atoms with Crippen molar-refractivity contribution in [2.24, 2.45) is 4.99 Å². The fourth-order valence-corrected chi connectivity index (χ4v) is 6.35. The number of hydrogen-bond donors (Lipinski definition) is 1. The van der Waals surface area contributed by atoms with E-state index in [0.717, 1.165) is 0 Å². The number of para-hydroxylation sites is 1. The van der Waals surface area contributed by atoms with Crippen LogP contribution >= 0.6 is 22.9 Å². The van der Waals surface area contributed by atoms with Gasteiger partial charge in [-0.05, 0) is 67.1 Å². The van der Waals surface area contributed by atoms with Gasteiger partial charge < -0.3 is 14.8 Å². The fraction of sp³-hybridized carbons (Fsp3) is 0.114. The lowest BCUT2D eigenvalue weighted by Gasteiger charge is -2.25. The van der Waals surface area contributed by atoms with Crippen LogP contribution in [0.3, 0.4) is 0 Å². The van der Waals surface area contributed by atoms with Gasteiger partial charge in [0.1, 0.15) is 23.9 Å². The first-order valence-electron chi connectivity index (χ1n) is 14.0. The number of aromatic nitrogens is 1. The van der Waals surface area contributed by atoms with E-state index in [0.29, 0.717) is 59.5 Å². The van der Waals surface area contributed by atoms with Crippen LogP contribution < -0.4 is 29.7 Å². The van der Waals surface area contributed by atoms with E-state index in [-0.39, 0.29) is 23.9 Å². The molecule has 1 N–H and O–H groups in total.